The predicted molar refractivity (Wildman–Crippen MR) is 207 cm³/mol. The van der Waals surface area contributed by atoms with E-state index in [0.717, 1.165) is 23.0 Å². The summed E-state index contributed by atoms with van der Waals surface area (Å²) in [5.41, 5.74) is 5.51. The lowest BCUT2D eigenvalue weighted by Gasteiger charge is -2.73. The second-order valence-electron chi connectivity index (χ2n) is 9.71. The Morgan fingerprint density at radius 2 is 0.738 bits per heavy atom. The Balaban J connectivity index is 1.56. The Bertz CT molecular complexity index is 1380. The molecule has 0 atom stereocenters. The molecule has 0 spiro atoms. The molecule has 2 heterocycles. The largest absolute Gasteiger partial charge is 0.0900 e. The van der Waals surface area contributed by atoms with Gasteiger partial charge < -0.3 is 0 Å². The maximum Gasteiger partial charge on any atom is 0.0698 e. The lowest BCUT2D eigenvalue weighted by molar-refractivity contribution is 1.42. The Hall–Kier alpha value is -1.10. The first kappa shape index (κ1) is 30.9. The smallest absolute Gasteiger partial charge is 0.0698 e. The van der Waals surface area contributed by atoms with Gasteiger partial charge in [-0.3, -0.25) is 0 Å². The highest BCUT2D eigenvalue weighted by molar-refractivity contribution is 9.84. The van der Waals surface area contributed by atoms with Gasteiger partial charge in [-0.25, -0.2) is 0 Å². The van der Waals surface area contributed by atoms with Crippen LogP contribution in [0.3, 0.4) is 0 Å². The number of benzene rings is 4. The maximum atomic E-state index is 2.69. The van der Waals surface area contributed by atoms with E-state index in [2.05, 4.69) is 186 Å². The maximum absolute atomic E-state index is 3.42. The quantitative estimate of drug-likeness (QED) is 0.133. The minimum absolute atomic E-state index is 0.957. The molecule has 0 aliphatic carbocycles. The van der Waals surface area contributed by atoms with Crippen molar-refractivity contribution in [3.63, 3.8) is 0 Å². The second kappa shape index (κ2) is 13.5. The first-order chi connectivity index (χ1) is 20.6. The molecule has 0 saturated carbocycles. The van der Waals surface area contributed by atoms with Gasteiger partial charge in [-0.1, -0.05) is 204 Å². The standard InChI is InChI=1S/C34H32S8/c1-5-13-29(14-6-1)25-38-42(39-26-30-15-7-2-8-16-30,40-27-31-17-9-3-10-18-31,41-28-32-19-11-4-12-20-32)24-23-37-34(42)33-35-21-22-36-33/h1-24H,25-28H2. The first-order valence-corrected chi connectivity index (χ1v) is 24.7. The normalized spacial score (nSPS) is 19.6. The fourth-order valence-corrected chi connectivity index (χ4v) is 39.1. The van der Waals surface area contributed by atoms with Crippen LogP contribution in [-0.4, -0.2) is 0 Å². The monoisotopic (exact) mass is 696 g/mol. The lowest BCUT2D eigenvalue weighted by Crippen LogP contribution is -2.20. The summed E-state index contributed by atoms with van der Waals surface area (Å²) in [6.07, 6.45) is 0. The van der Waals surface area contributed by atoms with Crippen LogP contribution in [0.15, 0.2) is 151 Å². The molecule has 216 valence electrons. The second-order valence-corrected chi connectivity index (χ2v) is 35.2. The van der Waals surface area contributed by atoms with Crippen molar-refractivity contribution in [1.29, 1.82) is 0 Å². The summed E-state index contributed by atoms with van der Waals surface area (Å²) < 4.78 is -0.426. The van der Waals surface area contributed by atoms with Crippen LogP contribution in [0.2, 0.25) is 0 Å². The van der Waals surface area contributed by atoms with Crippen molar-refractivity contribution >= 4 is 82.9 Å². The van der Waals surface area contributed by atoms with Crippen LogP contribution in [0.1, 0.15) is 22.3 Å². The van der Waals surface area contributed by atoms with Crippen molar-refractivity contribution in [3.8, 4) is 0 Å². The zero-order chi connectivity index (χ0) is 28.6. The van der Waals surface area contributed by atoms with Crippen molar-refractivity contribution in [1.82, 2.24) is 0 Å². The average Bonchev–Trinajstić information content (AvgIpc) is 3.72. The van der Waals surface area contributed by atoms with Gasteiger partial charge in [-0.15, -0.1) is 0 Å². The topological polar surface area (TPSA) is 0 Å². The molecule has 0 N–H and O–H groups in total. The van der Waals surface area contributed by atoms with E-state index in [4.69, 9.17) is 0 Å². The molecular formula is C34H32S8. The number of rotatable bonds is 12. The highest BCUT2D eigenvalue weighted by Gasteiger charge is 2.67. The van der Waals surface area contributed by atoms with Crippen molar-refractivity contribution in [3.05, 3.63) is 174 Å². The van der Waals surface area contributed by atoms with E-state index in [1.807, 2.05) is 35.3 Å². The lowest BCUT2D eigenvalue weighted by atomic mass is 10.2. The third-order valence-corrected chi connectivity index (χ3v) is 40.6. The molecule has 0 aromatic heterocycles. The van der Waals surface area contributed by atoms with Gasteiger partial charge in [0.2, 0.25) is 0 Å². The first-order valence-electron chi connectivity index (χ1n) is 13.6. The van der Waals surface area contributed by atoms with Crippen LogP contribution in [0, 0.1) is 0 Å². The van der Waals surface area contributed by atoms with Crippen LogP contribution in [0.25, 0.3) is 0 Å². The number of hydrogen-bond donors (Lipinski definition) is 0. The van der Waals surface area contributed by atoms with Gasteiger partial charge in [0.1, 0.15) is 0 Å². The molecule has 0 saturated heterocycles. The van der Waals surface area contributed by atoms with Crippen molar-refractivity contribution < 1.29 is 0 Å². The summed E-state index contributed by atoms with van der Waals surface area (Å²) in [5, 5.41) is 9.64. The molecule has 2 aliphatic heterocycles. The van der Waals surface area contributed by atoms with E-state index in [1.54, 1.807) is 4.24 Å². The van der Waals surface area contributed by atoms with E-state index in [-0.39, 0.29) is 0 Å². The van der Waals surface area contributed by atoms with Crippen LogP contribution in [0.5, 0.6) is 0 Å². The molecule has 0 bridgehead atoms. The molecule has 42 heavy (non-hydrogen) atoms. The fraction of sp³-hybridized carbons (Fsp3) is 0.118. The number of hydrogen-bond acceptors (Lipinski definition) is 7. The van der Waals surface area contributed by atoms with Crippen LogP contribution < -0.4 is 0 Å². The highest BCUT2D eigenvalue weighted by atomic mass is 34.1. The summed E-state index contributed by atoms with van der Waals surface area (Å²) >= 11 is 5.78. The summed E-state index contributed by atoms with van der Waals surface area (Å²) in [7, 11) is 8.88. The van der Waals surface area contributed by atoms with E-state index >= 15 is 0 Å². The molecule has 2 aliphatic rings. The Labute approximate surface area is 277 Å². The van der Waals surface area contributed by atoms with E-state index < -0.39 is 4.42 Å². The summed E-state index contributed by atoms with van der Waals surface area (Å²) in [6, 6.07) is 44.2. The summed E-state index contributed by atoms with van der Waals surface area (Å²) in [6.45, 7) is 0. The minimum Gasteiger partial charge on any atom is -0.0900 e. The minimum atomic E-state index is -3.42. The van der Waals surface area contributed by atoms with Crippen molar-refractivity contribution in [2.24, 2.45) is 0 Å². The van der Waals surface area contributed by atoms with Crippen LogP contribution in [0.4, 0.5) is 0 Å². The molecule has 6 rings (SSSR count). The highest BCUT2D eigenvalue weighted by Crippen LogP contribution is 3.24. The van der Waals surface area contributed by atoms with E-state index in [9.17, 15) is 0 Å². The van der Waals surface area contributed by atoms with Gasteiger partial charge in [0, 0.05) is 23.0 Å². The summed E-state index contributed by atoms with van der Waals surface area (Å²) in [4.78, 5) is 0. The zero-order valence-corrected chi connectivity index (χ0v) is 29.5. The van der Waals surface area contributed by atoms with Crippen molar-refractivity contribution in [2.45, 2.75) is 23.0 Å². The molecule has 0 radical (unpaired) electrons. The third kappa shape index (κ3) is 6.47. The van der Waals surface area contributed by atoms with Gasteiger partial charge in [0.05, 0.1) is 8.47 Å². The Kier molecular flexibility index (Phi) is 9.93. The van der Waals surface area contributed by atoms with Gasteiger partial charge in [-0.05, 0) is 43.9 Å². The van der Waals surface area contributed by atoms with Crippen LogP contribution >= 0.6 is 82.9 Å². The molecule has 4 aromatic rings. The zero-order valence-electron chi connectivity index (χ0n) is 23.0. The SMILES string of the molecule is C1=CSC(=C2SC=CS2(SCc2ccccc2)(SCc2ccccc2)(SCc2ccccc2)SCc2ccccc2)S1. The van der Waals surface area contributed by atoms with Gasteiger partial charge in [0.25, 0.3) is 0 Å². The van der Waals surface area contributed by atoms with Gasteiger partial charge in [-0.2, -0.15) is 0 Å². The fourth-order valence-electron chi connectivity index (χ4n) is 4.60. The number of thioether (sulfide) groups is 3. The van der Waals surface area contributed by atoms with Crippen molar-refractivity contribution in [2.75, 3.05) is 0 Å². The molecule has 0 nitrogen and oxygen atoms in total. The molecular weight excluding hydrogens is 665 g/mol. The van der Waals surface area contributed by atoms with Gasteiger partial charge >= 0.3 is 0 Å². The molecule has 0 amide bonds. The molecule has 8 heteroatoms. The predicted octanol–water partition coefficient (Wildman–Crippen LogP) is 13.6. The molecule has 4 aromatic carbocycles. The third-order valence-electron chi connectivity index (χ3n) is 6.86. The average molecular weight is 697 g/mol. The Morgan fingerprint density at radius 1 is 0.405 bits per heavy atom. The molecule has 0 unspecified atom stereocenters. The Morgan fingerprint density at radius 3 is 1.07 bits per heavy atom. The van der Waals surface area contributed by atoms with Crippen LogP contribution in [-0.2, 0) is 23.0 Å². The van der Waals surface area contributed by atoms with E-state index in [1.165, 1.54) is 26.5 Å². The summed E-state index contributed by atoms with van der Waals surface area (Å²) in [5.74, 6) is 3.83. The van der Waals surface area contributed by atoms with E-state index in [0.29, 0.717) is 0 Å². The molecule has 0 fully saturated rings. The van der Waals surface area contributed by atoms with Gasteiger partial charge in [0.15, 0.2) is 0 Å².